The van der Waals surface area contributed by atoms with Crippen molar-refractivity contribution in [2.24, 2.45) is 7.05 Å². The third kappa shape index (κ3) is 3.00. The normalized spacial score (nSPS) is 13.0. The van der Waals surface area contributed by atoms with Gasteiger partial charge in [-0.2, -0.15) is 0 Å². The molecule has 4 aromatic rings. The Balaban J connectivity index is 2.09. The first-order valence-corrected chi connectivity index (χ1v) is 12.3. The van der Waals surface area contributed by atoms with Crippen molar-refractivity contribution in [1.29, 1.82) is 0 Å². The van der Waals surface area contributed by atoms with Crippen LogP contribution < -0.4 is 15.9 Å². The monoisotopic (exact) mass is 392 g/mol. The van der Waals surface area contributed by atoms with Gasteiger partial charge in [-0.25, -0.2) is 0 Å². The van der Waals surface area contributed by atoms with Gasteiger partial charge in [-0.1, -0.05) is 0 Å². The summed E-state index contributed by atoms with van der Waals surface area (Å²) in [4.78, 5) is 4.63. The van der Waals surface area contributed by atoms with E-state index in [0.717, 1.165) is 21.6 Å². The quantitative estimate of drug-likeness (QED) is 0.454. The van der Waals surface area contributed by atoms with Crippen LogP contribution in [-0.2, 0) is 13.2 Å². The van der Waals surface area contributed by atoms with E-state index in [1.54, 1.807) is 0 Å². The first-order valence-electron chi connectivity index (χ1n) is 8.98. The molecule has 4 heteroatoms. The summed E-state index contributed by atoms with van der Waals surface area (Å²) in [5.74, 6) is -3.27. The Kier molecular flexibility index (Phi) is 4.63. The maximum absolute atomic E-state index is 8.00. The molecule has 0 N–H and O–H groups in total. The molecule has 0 aliphatic carbocycles. The zero-order valence-electron chi connectivity index (χ0n) is 15.2. The topological polar surface area (TPSA) is 17.8 Å². The van der Waals surface area contributed by atoms with Crippen molar-refractivity contribution in [3.8, 4) is 0 Å². The molecule has 0 saturated carbocycles. The van der Waals surface area contributed by atoms with E-state index in [2.05, 4.69) is 84.0 Å². The molecule has 0 radical (unpaired) electrons. The number of aromatic nitrogens is 2. The molecule has 0 atom stereocenters. The average Bonchev–Trinajstić information content (AvgIpc) is 3.14. The van der Waals surface area contributed by atoms with Crippen LogP contribution in [0.2, 0.25) is 0 Å². The van der Waals surface area contributed by atoms with E-state index >= 15 is 0 Å². The van der Waals surface area contributed by atoms with Crippen LogP contribution in [0.5, 0.6) is 0 Å². The first kappa shape index (κ1) is 18.0. The summed E-state index contributed by atoms with van der Waals surface area (Å²) in [5.41, 5.74) is 1.00. The molecular weight excluding hydrogens is 371 g/mol. The molecule has 0 spiro atoms. The van der Waals surface area contributed by atoms with Gasteiger partial charge in [-0.05, 0) is 0 Å². The number of benzene rings is 3. The van der Waals surface area contributed by atoms with Gasteiger partial charge in [0.15, 0.2) is 0 Å². The van der Waals surface area contributed by atoms with E-state index in [1.165, 1.54) is 0 Å². The summed E-state index contributed by atoms with van der Waals surface area (Å²) >= 11 is 8.00. The van der Waals surface area contributed by atoms with Crippen LogP contribution in [0.15, 0.2) is 104 Å². The van der Waals surface area contributed by atoms with Gasteiger partial charge in [-0.3, -0.25) is 0 Å². The summed E-state index contributed by atoms with van der Waals surface area (Å²) in [6, 6.07) is 31.5. The average molecular weight is 393 g/mol. The van der Waals surface area contributed by atoms with Crippen molar-refractivity contribution in [2.45, 2.75) is 6.16 Å². The number of halogens is 1. The van der Waals surface area contributed by atoms with Crippen LogP contribution in [0.3, 0.4) is 0 Å². The third-order valence-electron chi connectivity index (χ3n) is 5.10. The molecule has 0 amide bonds. The molecule has 4 rings (SSSR count). The van der Waals surface area contributed by atoms with Crippen LogP contribution in [0, 0.1) is 0 Å². The Morgan fingerprint density at radius 2 is 1.15 bits per heavy atom. The SMILES string of the molecule is Cn1cnc(CP(Cl)(c2ccccc2)(c2ccccc2)c2ccccc2)c1. The molecule has 0 unspecified atom stereocenters. The third-order valence-corrected chi connectivity index (χ3v) is 12.3. The van der Waals surface area contributed by atoms with Crippen LogP contribution in [0.25, 0.3) is 0 Å². The molecule has 1 heterocycles. The molecule has 1 aromatic heterocycles. The van der Waals surface area contributed by atoms with Crippen molar-refractivity contribution in [2.75, 3.05) is 0 Å². The van der Waals surface area contributed by atoms with Crippen molar-refractivity contribution in [3.63, 3.8) is 0 Å². The van der Waals surface area contributed by atoms with Crippen LogP contribution in [-0.4, -0.2) is 9.55 Å². The second-order valence-corrected chi connectivity index (χ2v) is 13.3. The molecule has 0 aliphatic rings. The van der Waals surface area contributed by atoms with Gasteiger partial charge in [0.05, 0.1) is 0 Å². The van der Waals surface area contributed by atoms with E-state index in [9.17, 15) is 0 Å². The van der Waals surface area contributed by atoms with Crippen molar-refractivity contribution >= 4 is 33.1 Å². The second kappa shape index (κ2) is 6.96. The summed E-state index contributed by atoms with van der Waals surface area (Å²) in [6.07, 6.45) is 4.58. The van der Waals surface area contributed by atoms with Gasteiger partial charge in [0.25, 0.3) is 0 Å². The Bertz CT molecular complexity index is 930. The Morgan fingerprint density at radius 3 is 1.48 bits per heavy atom. The van der Waals surface area contributed by atoms with Crippen LogP contribution in [0.4, 0.5) is 0 Å². The van der Waals surface area contributed by atoms with Gasteiger partial charge >= 0.3 is 165 Å². The molecule has 0 bridgehead atoms. The van der Waals surface area contributed by atoms with E-state index in [-0.39, 0.29) is 0 Å². The summed E-state index contributed by atoms with van der Waals surface area (Å²) in [7, 11) is 1.99. The van der Waals surface area contributed by atoms with Gasteiger partial charge in [-0.15, -0.1) is 0 Å². The number of aryl methyl sites for hydroxylation is 1. The minimum atomic E-state index is -3.27. The van der Waals surface area contributed by atoms with Gasteiger partial charge in [0.1, 0.15) is 0 Å². The fourth-order valence-corrected chi connectivity index (χ4v) is 9.77. The van der Waals surface area contributed by atoms with E-state index in [0.29, 0.717) is 6.16 Å². The summed E-state index contributed by atoms with van der Waals surface area (Å²) in [5, 5.41) is 3.48. The van der Waals surface area contributed by atoms with E-state index in [1.807, 2.05) is 36.1 Å². The zero-order valence-corrected chi connectivity index (χ0v) is 16.9. The van der Waals surface area contributed by atoms with Gasteiger partial charge in [0.2, 0.25) is 0 Å². The van der Waals surface area contributed by atoms with Crippen molar-refractivity contribution < 1.29 is 0 Å². The Hall–Kier alpha value is -2.41. The molecule has 0 fully saturated rings. The maximum atomic E-state index is 8.00. The zero-order chi connectivity index (χ0) is 18.8. The number of imidazole rings is 1. The Labute approximate surface area is 165 Å². The molecule has 0 aliphatic heterocycles. The number of rotatable bonds is 5. The predicted molar refractivity (Wildman–Crippen MR) is 118 cm³/mol. The summed E-state index contributed by atoms with van der Waals surface area (Å²) in [6.45, 7) is 0. The fourth-order valence-electron chi connectivity index (χ4n) is 3.79. The summed E-state index contributed by atoms with van der Waals surface area (Å²) < 4.78 is 1.98. The molecular formula is C23H22ClN2P. The molecule has 3 aromatic carbocycles. The van der Waals surface area contributed by atoms with Gasteiger partial charge in [0, 0.05) is 0 Å². The number of hydrogen-bond donors (Lipinski definition) is 0. The first-order chi connectivity index (χ1) is 13.1. The Morgan fingerprint density at radius 1 is 0.741 bits per heavy atom. The van der Waals surface area contributed by atoms with Gasteiger partial charge < -0.3 is 0 Å². The molecule has 0 saturated heterocycles. The molecule has 136 valence electrons. The number of nitrogens with zero attached hydrogens (tertiary/aromatic N) is 2. The second-order valence-electron chi connectivity index (χ2n) is 6.88. The number of hydrogen-bond acceptors (Lipinski definition) is 1. The van der Waals surface area contributed by atoms with E-state index in [4.69, 9.17) is 11.2 Å². The van der Waals surface area contributed by atoms with Crippen LogP contribution >= 0.6 is 17.2 Å². The van der Waals surface area contributed by atoms with Crippen molar-refractivity contribution in [3.05, 3.63) is 109 Å². The van der Waals surface area contributed by atoms with Crippen molar-refractivity contribution in [1.82, 2.24) is 9.55 Å². The minimum absolute atomic E-state index is 0.673. The predicted octanol–water partition coefficient (Wildman–Crippen LogP) is 4.60. The van der Waals surface area contributed by atoms with Crippen LogP contribution in [0.1, 0.15) is 5.69 Å². The molecule has 27 heavy (non-hydrogen) atoms. The van der Waals surface area contributed by atoms with E-state index < -0.39 is 5.96 Å². The fraction of sp³-hybridized carbons (Fsp3) is 0.0870. The standard InChI is InChI=1S/C23H22ClN2P/c1-26-17-20(25-19-26)18-27(24,21-11-5-2-6-12-21,22-13-7-3-8-14-22)23-15-9-4-10-16-23/h2-17,19H,18H2,1H3. The molecule has 2 nitrogen and oxygen atoms in total.